The number of hydrogen-bond acceptors (Lipinski definition) is 4. The van der Waals surface area contributed by atoms with Crippen molar-refractivity contribution in [3.8, 4) is 0 Å². The minimum absolute atomic E-state index is 0.171. The first kappa shape index (κ1) is 16.0. The van der Waals surface area contributed by atoms with Gasteiger partial charge in [0.1, 0.15) is 0 Å². The van der Waals surface area contributed by atoms with Gasteiger partial charge >= 0.3 is 0 Å². The van der Waals surface area contributed by atoms with Gasteiger partial charge in [0.15, 0.2) is 0 Å². The minimum Gasteiger partial charge on any atom is -0.366 e. The number of amides is 2. The van der Waals surface area contributed by atoms with Gasteiger partial charge in [0, 0.05) is 28.3 Å². The van der Waals surface area contributed by atoms with Gasteiger partial charge in [0.2, 0.25) is 5.91 Å². The molecule has 2 aromatic rings. The monoisotopic (exact) mass is 344 g/mol. The molecule has 1 saturated heterocycles. The molecule has 1 fully saturated rings. The van der Waals surface area contributed by atoms with E-state index in [0.717, 1.165) is 0 Å². The second kappa shape index (κ2) is 7.10. The minimum atomic E-state index is -0.485. The number of nitrogens with two attached hydrogens (primary N) is 1. The van der Waals surface area contributed by atoms with E-state index in [-0.39, 0.29) is 5.91 Å². The number of anilines is 1. The molecule has 0 aromatic heterocycles. The maximum atomic E-state index is 12.3. The SMILES string of the molecule is NC(=O)c1ccc(NC(=O)c2ccc(C3SCCS3)cc2)cc1. The van der Waals surface area contributed by atoms with Crippen LogP contribution in [-0.4, -0.2) is 23.3 Å². The fourth-order valence-electron chi connectivity index (χ4n) is 2.26. The molecule has 0 atom stereocenters. The maximum Gasteiger partial charge on any atom is 0.255 e. The molecule has 0 saturated carbocycles. The number of thioether (sulfide) groups is 2. The number of benzene rings is 2. The van der Waals surface area contributed by atoms with Crippen LogP contribution in [0.2, 0.25) is 0 Å². The number of carbonyl (C=O) groups is 2. The van der Waals surface area contributed by atoms with Gasteiger partial charge in [-0.3, -0.25) is 9.59 Å². The standard InChI is InChI=1S/C17H16N2O2S2/c18-15(20)11-5-7-14(8-6-11)19-16(21)12-1-3-13(4-2-12)17-22-9-10-23-17/h1-8,17H,9-10H2,(H2,18,20)(H,19,21). The van der Waals surface area contributed by atoms with Crippen LogP contribution >= 0.6 is 23.5 Å². The lowest BCUT2D eigenvalue weighted by atomic mass is 10.1. The predicted molar refractivity (Wildman–Crippen MR) is 97.0 cm³/mol. The van der Waals surface area contributed by atoms with Crippen LogP contribution in [0.25, 0.3) is 0 Å². The van der Waals surface area contributed by atoms with Crippen LogP contribution in [0.5, 0.6) is 0 Å². The Balaban J connectivity index is 1.66. The van der Waals surface area contributed by atoms with Crippen molar-refractivity contribution < 1.29 is 9.59 Å². The third kappa shape index (κ3) is 3.89. The van der Waals surface area contributed by atoms with Crippen molar-refractivity contribution in [2.45, 2.75) is 4.58 Å². The Hall–Kier alpha value is -1.92. The number of primary amides is 1. The zero-order valence-corrected chi connectivity index (χ0v) is 14.0. The number of hydrogen-bond donors (Lipinski definition) is 2. The lowest BCUT2D eigenvalue weighted by Crippen LogP contribution is -2.13. The van der Waals surface area contributed by atoms with Gasteiger partial charge in [0.25, 0.3) is 5.91 Å². The Kier molecular flexibility index (Phi) is 4.93. The number of nitrogens with one attached hydrogen (secondary N) is 1. The lowest BCUT2D eigenvalue weighted by Gasteiger charge is -2.10. The highest BCUT2D eigenvalue weighted by Crippen LogP contribution is 2.45. The van der Waals surface area contributed by atoms with E-state index < -0.39 is 5.91 Å². The van der Waals surface area contributed by atoms with Crippen LogP contribution in [0.4, 0.5) is 5.69 Å². The topological polar surface area (TPSA) is 72.2 Å². The van der Waals surface area contributed by atoms with Crippen molar-refractivity contribution in [3.05, 3.63) is 65.2 Å². The molecule has 1 heterocycles. The molecule has 23 heavy (non-hydrogen) atoms. The second-order valence-corrected chi connectivity index (χ2v) is 7.82. The summed E-state index contributed by atoms with van der Waals surface area (Å²) in [5.41, 5.74) is 8.10. The average molecular weight is 344 g/mol. The van der Waals surface area contributed by atoms with Crippen molar-refractivity contribution in [2.75, 3.05) is 16.8 Å². The summed E-state index contributed by atoms with van der Waals surface area (Å²) in [6, 6.07) is 14.2. The summed E-state index contributed by atoms with van der Waals surface area (Å²) in [7, 11) is 0. The van der Waals surface area contributed by atoms with Crippen LogP contribution in [0.15, 0.2) is 48.5 Å². The van der Waals surface area contributed by atoms with E-state index in [1.54, 1.807) is 24.3 Å². The molecule has 3 N–H and O–H groups in total. The fraction of sp³-hybridized carbons (Fsp3) is 0.176. The van der Waals surface area contributed by atoms with Gasteiger partial charge in [-0.2, -0.15) is 0 Å². The zero-order chi connectivity index (χ0) is 16.2. The first-order valence-electron chi connectivity index (χ1n) is 7.18. The number of rotatable bonds is 4. The number of carbonyl (C=O) groups excluding carboxylic acids is 2. The third-order valence-electron chi connectivity index (χ3n) is 3.49. The molecule has 2 amide bonds. The molecular formula is C17H16N2O2S2. The molecule has 0 bridgehead atoms. The maximum absolute atomic E-state index is 12.3. The van der Waals surface area contributed by atoms with Gasteiger partial charge < -0.3 is 11.1 Å². The highest BCUT2D eigenvalue weighted by atomic mass is 32.2. The quantitative estimate of drug-likeness (QED) is 0.890. The van der Waals surface area contributed by atoms with Crippen LogP contribution < -0.4 is 11.1 Å². The van der Waals surface area contributed by atoms with E-state index in [0.29, 0.717) is 21.4 Å². The van der Waals surface area contributed by atoms with Crippen molar-refractivity contribution in [1.82, 2.24) is 0 Å². The first-order chi connectivity index (χ1) is 11.1. The predicted octanol–water partition coefficient (Wildman–Crippen LogP) is 3.52. The smallest absolute Gasteiger partial charge is 0.255 e. The Morgan fingerprint density at radius 2 is 1.48 bits per heavy atom. The normalized spacial score (nSPS) is 14.6. The van der Waals surface area contributed by atoms with E-state index in [4.69, 9.17) is 5.73 Å². The summed E-state index contributed by atoms with van der Waals surface area (Å²) in [5.74, 6) is 1.70. The highest BCUT2D eigenvalue weighted by Gasteiger charge is 2.18. The summed E-state index contributed by atoms with van der Waals surface area (Å²) in [4.78, 5) is 23.3. The van der Waals surface area contributed by atoms with Gasteiger partial charge in [-0.05, 0) is 42.0 Å². The molecule has 4 nitrogen and oxygen atoms in total. The summed E-state index contributed by atoms with van der Waals surface area (Å²) in [6.45, 7) is 0. The van der Waals surface area contributed by atoms with Crippen molar-refractivity contribution in [1.29, 1.82) is 0 Å². The van der Waals surface area contributed by atoms with Gasteiger partial charge in [-0.15, -0.1) is 23.5 Å². The Morgan fingerprint density at radius 3 is 2.04 bits per heavy atom. The lowest BCUT2D eigenvalue weighted by molar-refractivity contribution is 0.0998. The zero-order valence-electron chi connectivity index (χ0n) is 12.3. The van der Waals surface area contributed by atoms with Gasteiger partial charge in [-0.25, -0.2) is 0 Å². The molecule has 0 spiro atoms. The van der Waals surface area contributed by atoms with Crippen LogP contribution in [-0.2, 0) is 0 Å². The van der Waals surface area contributed by atoms with E-state index >= 15 is 0 Å². The van der Waals surface area contributed by atoms with E-state index in [1.807, 2.05) is 47.8 Å². The van der Waals surface area contributed by atoms with Gasteiger partial charge in [-0.1, -0.05) is 12.1 Å². The largest absolute Gasteiger partial charge is 0.366 e. The Labute approximate surface area is 143 Å². The molecule has 0 aliphatic carbocycles. The summed E-state index contributed by atoms with van der Waals surface area (Å²) in [6.07, 6.45) is 0. The summed E-state index contributed by atoms with van der Waals surface area (Å²) in [5, 5.41) is 2.81. The van der Waals surface area contributed by atoms with Crippen molar-refractivity contribution >= 4 is 41.0 Å². The summed E-state index contributed by atoms with van der Waals surface area (Å²) < 4.78 is 0.480. The molecule has 1 aliphatic rings. The van der Waals surface area contributed by atoms with Crippen LogP contribution in [0.1, 0.15) is 30.9 Å². The molecule has 118 valence electrons. The molecule has 3 rings (SSSR count). The second-order valence-electron chi connectivity index (χ2n) is 5.09. The molecular weight excluding hydrogens is 328 g/mol. The van der Waals surface area contributed by atoms with Crippen LogP contribution in [0, 0.1) is 0 Å². The van der Waals surface area contributed by atoms with E-state index in [1.165, 1.54) is 17.1 Å². The average Bonchev–Trinajstić information content (AvgIpc) is 3.10. The molecule has 6 heteroatoms. The highest BCUT2D eigenvalue weighted by molar-refractivity contribution is 8.19. The van der Waals surface area contributed by atoms with Crippen LogP contribution in [0.3, 0.4) is 0 Å². The molecule has 0 radical (unpaired) electrons. The molecule has 0 unspecified atom stereocenters. The third-order valence-corrected chi connectivity index (χ3v) is 6.60. The molecule has 2 aromatic carbocycles. The first-order valence-corrected chi connectivity index (χ1v) is 9.27. The van der Waals surface area contributed by atoms with Crippen molar-refractivity contribution in [2.24, 2.45) is 5.73 Å². The summed E-state index contributed by atoms with van der Waals surface area (Å²) >= 11 is 3.88. The van der Waals surface area contributed by atoms with Crippen molar-refractivity contribution in [3.63, 3.8) is 0 Å². The fourth-order valence-corrected chi connectivity index (χ4v) is 5.12. The Bertz CT molecular complexity index is 708. The van der Waals surface area contributed by atoms with E-state index in [9.17, 15) is 9.59 Å². The Morgan fingerprint density at radius 1 is 0.913 bits per heavy atom. The van der Waals surface area contributed by atoms with E-state index in [2.05, 4.69) is 5.32 Å². The van der Waals surface area contributed by atoms with Gasteiger partial charge in [0.05, 0.1) is 4.58 Å². The molecule has 1 aliphatic heterocycles.